The molecular formula is C12H14N2O6S. The molecule has 8 nitrogen and oxygen atoms in total. The number of oxazole rings is 1. The lowest BCUT2D eigenvalue weighted by atomic mass is 10.3. The van der Waals surface area contributed by atoms with Crippen molar-refractivity contribution in [1.29, 1.82) is 0 Å². The number of rotatable bonds is 6. The van der Waals surface area contributed by atoms with Crippen LogP contribution in [0, 0.1) is 0 Å². The number of aromatic nitrogens is 1. The summed E-state index contributed by atoms with van der Waals surface area (Å²) < 4.78 is 32.5. The van der Waals surface area contributed by atoms with Gasteiger partial charge in [-0.2, -0.15) is 0 Å². The topological polar surface area (TPSA) is 119 Å². The zero-order valence-electron chi connectivity index (χ0n) is 11.2. The quantitative estimate of drug-likeness (QED) is 0.795. The van der Waals surface area contributed by atoms with Crippen LogP contribution in [-0.4, -0.2) is 30.6 Å². The van der Waals surface area contributed by atoms with E-state index in [-0.39, 0.29) is 23.4 Å². The maximum atomic E-state index is 12.0. The van der Waals surface area contributed by atoms with Crippen molar-refractivity contribution in [2.75, 3.05) is 6.54 Å². The van der Waals surface area contributed by atoms with Gasteiger partial charge in [0.2, 0.25) is 10.0 Å². The monoisotopic (exact) mass is 314 g/mol. The van der Waals surface area contributed by atoms with Gasteiger partial charge in [0.05, 0.1) is 16.8 Å². The third-order valence-corrected chi connectivity index (χ3v) is 4.36. The Bertz CT molecular complexity index is 833. The highest BCUT2D eigenvalue weighted by atomic mass is 32.2. The number of nitrogens with one attached hydrogen (secondary N) is 1. The molecule has 0 amide bonds. The molecule has 1 aromatic carbocycles. The van der Waals surface area contributed by atoms with Crippen molar-refractivity contribution in [3.63, 3.8) is 0 Å². The van der Waals surface area contributed by atoms with E-state index in [0.717, 1.165) is 0 Å². The second kappa shape index (κ2) is 5.70. The minimum atomic E-state index is -3.84. The van der Waals surface area contributed by atoms with E-state index in [1.165, 1.54) is 22.8 Å². The van der Waals surface area contributed by atoms with E-state index in [1.807, 2.05) is 0 Å². The fraction of sp³-hybridized carbons (Fsp3) is 0.333. The van der Waals surface area contributed by atoms with Crippen molar-refractivity contribution in [3.05, 3.63) is 28.7 Å². The van der Waals surface area contributed by atoms with Gasteiger partial charge in [-0.25, -0.2) is 17.9 Å². The van der Waals surface area contributed by atoms with Gasteiger partial charge < -0.3 is 9.52 Å². The molecule has 0 saturated heterocycles. The number of fused-ring (bicyclic) bond motifs is 1. The number of sulfonamides is 1. The molecule has 0 bridgehead atoms. The molecule has 1 heterocycles. The van der Waals surface area contributed by atoms with Crippen molar-refractivity contribution in [2.24, 2.45) is 0 Å². The summed E-state index contributed by atoms with van der Waals surface area (Å²) in [5.74, 6) is -1.65. The van der Waals surface area contributed by atoms with E-state index < -0.39 is 21.7 Å². The molecule has 9 heteroatoms. The van der Waals surface area contributed by atoms with E-state index >= 15 is 0 Å². The van der Waals surface area contributed by atoms with Gasteiger partial charge in [-0.15, -0.1) is 0 Å². The molecule has 21 heavy (non-hydrogen) atoms. The zero-order chi connectivity index (χ0) is 15.6. The Balaban J connectivity index is 2.34. The molecule has 2 N–H and O–H groups in total. The molecule has 0 atom stereocenters. The molecule has 2 rings (SSSR count). The number of hydrogen-bond acceptors (Lipinski definition) is 5. The lowest BCUT2D eigenvalue weighted by molar-refractivity contribution is -0.136. The van der Waals surface area contributed by atoms with E-state index in [4.69, 9.17) is 9.52 Å². The molecule has 2 aromatic rings. The SMILES string of the molecule is CCn1c(=O)oc2cc(S(=O)(=O)NCCC(=O)O)ccc21. The maximum absolute atomic E-state index is 12.0. The largest absolute Gasteiger partial charge is 0.481 e. The third-order valence-electron chi connectivity index (χ3n) is 2.90. The molecule has 0 unspecified atom stereocenters. The minimum absolute atomic E-state index is 0.0857. The van der Waals surface area contributed by atoms with Gasteiger partial charge >= 0.3 is 11.7 Å². The number of aryl methyl sites for hydroxylation is 1. The number of carboxylic acid groups (broad SMARTS) is 1. The zero-order valence-corrected chi connectivity index (χ0v) is 12.0. The van der Waals surface area contributed by atoms with Crippen LogP contribution in [0.2, 0.25) is 0 Å². The summed E-state index contributed by atoms with van der Waals surface area (Å²) in [7, 11) is -3.84. The average Bonchev–Trinajstić information content (AvgIpc) is 2.72. The fourth-order valence-corrected chi connectivity index (χ4v) is 2.94. The number of carboxylic acids is 1. The van der Waals surface area contributed by atoms with Crippen LogP contribution < -0.4 is 10.5 Å². The molecule has 0 fully saturated rings. The van der Waals surface area contributed by atoms with Crippen molar-refractivity contribution >= 4 is 27.1 Å². The number of nitrogens with zero attached hydrogens (tertiary/aromatic N) is 1. The van der Waals surface area contributed by atoms with E-state index in [9.17, 15) is 18.0 Å². The molecule has 0 spiro atoms. The first-order chi connectivity index (χ1) is 9.85. The van der Waals surface area contributed by atoms with Crippen molar-refractivity contribution in [1.82, 2.24) is 9.29 Å². The van der Waals surface area contributed by atoms with Gasteiger partial charge in [-0.05, 0) is 19.1 Å². The Hall–Kier alpha value is -2.13. The van der Waals surface area contributed by atoms with Crippen molar-refractivity contribution in [3.8, 4) is 0 Å². The summed E-state index contributed by atoms with van der Waals surface area (Å²) in [5.41, 5.74) is 0.676. The second-order valence-corrected chi connectivity index (χ2v) is 6.05. The minimum Gasteiger partial charge on any atom is -0.481 e. The Morgan fingerprint density at radius 3 is 2.76 bits per heavy atom. The second-order valence-electron chi connectivity index (χ2n) is 4.28. The first kappa shape index (κ1) is 15.3. The van der Waals surface area contributed by atoms with Crippen molar-refractivity contribution < 1.29 is 22.7 Å². The highest BCUT2D eigenvalue weighted by molar-refractivity contribution is 7.89. The third kappa shape index (κ3) is 3.14. The Kier molecular flexibility index (Phi) is 4.14. The standard InChI is InChI=1S/C12H14N2O6S/c1-2-14-9-4-3-8(7-10(9)20-12(14)17)21(18,19)13-6-5-11(15)16/h3-4,7,13H,2,5-6H2,1H3,(H,15,16). The first-order valence-corrected chi connectivity index (χ1v) is 7.68. The van der Waals surface area contributed by atoms with Crippen LogP contribution in [0.25, 0.3) is 11.1 Å². The van der Waals surface area contributed by atoms with Crippen LogP contribution in [0.3, 0.4) is 0 Å². The molecule has 0 aliphatic heterocycles. The fourth-order valence-electron chi connectivity index (χ4n) is 1.89. The number of carbonyl (C=O) groups is 1. The Morgan fingerprint density at radius 1 is 1.43 bits per heavy atom. The van der Waals surface area contributed by atoms with Gasteiger partial charge in [-0.1, -0.05) is 0 Å². The summed E-state index contributed by atoms with van der Waals surface area (Å²) in [4.78, 5) is 21.8. The molecule has 0 aliphatic carbocycles. The van der Waals surface area contributed by atoms with Crippen LogP contribution >= 0.6 is 0 Å². The summed E-state index contributed by atoms with van der Waals surface area (Å²) in [6, 6.07) is 4.06. The first-order valence-electron chi connectivity index (χ1n) is 6.20. The Labute approximate surface area is 120 Å². The van der Waals surface area contributed by atoms with Gasteiger partial charge in [0.25, 0.3) is 0 Å². The van der Waals surface area contributed by atoms with Crippen LogP contribution in [0.4, 0.5) is 0 Å². The van der Waals surface area contributed by atoms with Crippen LogP contribution in [0.5, 0.6) is 0 Å². The van der Waals surface area contributed by atoms with Crippen molar-refractivity contribution in [2.45, 2.75) is 24.8 Å². The van der Waals surface area contributed by atoms with Crippen LogP contribution in [0.15, 0.2) is 32.3 Å². The van der Waals surface area contributed by atoms with E-state index in [1.54, 1.807) is 6.92 Å². The highest BCUT2D eigenvalue weighted by Gasteiger charge is 2.17. The lowest BCUT2D eigenvalue weighted by Gasteiger charge is -2.05. The average molecular weight is 314 g/mol. The normalized spacial score (nSPS) is 11.9. The maximum Gasteiger partial charge on any atom is 0.419 e. The van der Waals surface area contributed by atoms with Crippen LogP contribution in [0.1, 0.15) is 13.3 Å². The molecule has 1 aromatic heterocycles. The molecule has 0 saturated carbocycles. The highest BCUT2D eigenvalue weighted by Crippen LogP contribution is 2.18. The molecular weight excluding hydrogens is 300 g/mol. The summed E-state index contributed by atoms with van der Waals surface area (Å²) >= 11 is 0. The number of hydrogen-bond donors (Lipinski definition) is 2. The van der Waals surface area contributed by atoms with Gasteiger partial charge in [0.1, 0.15) is 0 Å². The molecule has 0 aliphatic rings. The molecule has 0 radical (unpaired) electrons. The van der Waals surface area contributed by atoms with Gasteiger partial charge in [0, 0.05) is 19.2 Å². The van der Waals surface area contributed by atoms with E-state index in [2.05, 4.69) is 4.72 Å². The smallest absolute Gasteiger partial charge is 0.419 e. The number of benzene rings is 1. The molecule has 114 valence electrons. The van der Waals surface area contributed by atoms with Gasteiger partial charge in [0.15, 0.2) is 5.58 Å². The number of aliphatic carboxylic acids is 1. The van der Waals surface area contributed by atoms with E-state index in [0.29, 0.717) is 12.1 Å². The Morgan fingerprint density at radius 2 is 2.14 bits per heavy atom. The lowest BCUT2D eigenvalue weighted by Crippen LogP contribution is -2.26. The van der Waals surface area contributed by atoms with Gasteiger partial charge in [-0.3, -0.25) is 9.36 Å². The summed E-state index contributed by atoms with van der Waals surface area (Å²) in [6.07, 6.45) is -0.317. The summed E-state index contributed by atoms with van der Waals surface area (Å²) in [5, 5.41) is 8.50. The van der Waals surface area contributed by atoms with Crippen LogP contribution in [-0.2, 0) is 21.4 Å². The predicted molar refractivity (Wildman–Crippen MR) is 73.6 cm³/mol. The predicted octanol–water partition coefficient (Wildman–Crippen LogP) is 0.367. The summed E-state index contributed by atoms with van der Waals surface area (Å²) in [6.45, 7) is 1.97.